The fourth-order valence-electron chi connectivity index (χ4n) is 2.16. The van der Waals surface area contributed by atoms with Crippen molar-refractivity contribution in [3.8, 4) is 11.1 Å². The molecule has 1 nitrogen and oxygen atoms in total. The van der Waals surface area contributed by atoms with Crippen molar-refractivity contribution in [2.45, 2.75) is 6.92 Å². The van der Waals surface area contributed by atoms with Crippen LogP contribution in [-0.2, 0) is 0 Å². The maximum Gasteiger partial charge on any atom is 0.159 e. The van der Waals surface area contributed by atoms with E-state index in [4.69, 9.17) is 0 Å². The van der Waals surface area contributed by atoms with E-state index in [1.807, 2.05) is 29.6 Å². The molecule has 0 saturated carbocycles. The number of ketones is 1. The van der Waals surface area contributed by atoms with Gasteiger partial charge in [-0.2, -0.15) is 0 Å². The van der Waals surface area contributed by atoms with Gasteiger partial charge in [0.05, 0.1) is 0 Å². The molecule has 19 heavy (non-hydrogen) atoms. The molecule has 0 bridgehead atoms. The Balaban J connectivity index is 2.29. The molecule has 0 aliphatic heterocycles. The summed E-state index contributed by atoms with van der Waals surface area (Å²) in [4.78, 5) is 11.4. The van der Waals surface area contributed by atoms with Crippen molar-refractivity contribution in [3.05, 3.63) is 59.2 Å². The third-order valence-corrected chi connectivity index (χ3v) is 4.11. The lowest BCUT2D eigenvalue weighted by Gasteiger charge is -2.07. The number of halogens is 1. The monoisotopic (exact) mass is 270 g/mol. The van der Waals surface area contributed by atoms with Crippen LogP contribution in [0.25, 0.3) is 21.2 Å². The maximum absolute atomic E-state index is 14.0. The number of fused-ring (bicyclic) bond motifs is 1. The molecule has 0 saturated heterocycles. The van der Waals surface area contributed by atoms with Crippen LogP contribution in [-0.4, -0.2) is 5.78 Å². The molecule has 2 aromatic carbocycles. The number of carbonyl (C=O) groups excluding carboxylic acids is 1. The lowest BCUT2D eigenvalue weighted by molar-refractivity contribution is 0.101. The molecule has 0 atom stereocenters. The number of rotatable bonds is 2. The number of Topliss-reactive ketones (excluding diaryl/α,β-unsaturated/α-hetero) is 1. The van der Waals surface area contributed by atoms with E-state index < -0.39 is 0 Å². The van der Waals surface area contributed by atoms with Gasteiger partial charge in [0.25, 0.3) is 0 Å². The number of thiophene rings is 1. The molecule has 3 aromatic rings. The molecule has 0 unspecified atom stereocenters. The average molecular weight is 270 g/mol. The first-order valence-corrected chi connectivity index (χ1v) is 6.82. The van der Waals surface area contributed by atoms with Crippen molar-refractivity contribution in [2.24, 2.45) is 0 Å². The minimum Gasteiger partial charge on any atom is -0.295 e. The van der Waals surface area contributed by atoms with Crippen LogP contribution in [0.15, 0.2) is 47.8 Å². The van der Waals surface area contributed by atoms with Gasteiger partial charge in [0, 0.05) is 21.4 Å². The van der Waals surface area contributed by atoms with E-state index in [-0.39, 0.29) is 11.6 Å². The fraction of sp³-hybridized carbons (Fsp3) is 0.0625. The van der Waals surface area contributed by atoms with Gasteiger partial charge < -0.3 is 0 Å². The Morgan fingerprint density at radius 3 is 2.74 bits per heavy atom. The highest BCUT2D eigenvalue weighted by Gasteiger charge is 2.11. The molecular weight excluding hydrogens is 259 g/mol. The zero-order valence-electron chi connectivity index (χ0n) is 10.3. The van der Waals surface area contributed by atoms with Crippen LogP contribution < -0.4 is 0 Å². The molecule has 1 aromatic heterocycles. The Morgan fingerprint density at radius 2 is 1.95 bits per heavy atom. The van der Waals surface area contributed by atoms with Gasteiger partial charge in [0.15, 0.2) is 5.78 Å². The molecule has 0 aliphatic rings. The number of carbonyl (C=O) groups is 1. The zero-order chi connectivity index (χ0) is 13.4. The minimum atomic E-state index is -0.300. The summed E-state index contributed by atoms with van der Waals surface area (Å²) in [5.74, 6) is -0.356. The van der Waals surface area contributed by atoms with Crippen molar-refractivity contribution < 1.29 is 9.18 Å². The van der Waals surface area contributed by atoms with E-state index >= 15 is 0 Å². The Labute approximate surface area is 114 Å². The first-order chi connectivity index (χ1) is 9.16. The van der Waals surface area contributed by atoms with E-state index in [9.17, 15) is 9.18 Å². The highest BCUT2D eigenvalue weighted by Crippen LogP contribution is 2.34. The van der Waals surface area contributed by atoms with Gasteiger partial charge in [-0.05, 0) is 42.0 Å². The quantitative estimate of drug-likeness (QED) is 0.605. The summed E-state index contributed by atoms with van der Waals surface area (Å²) in [6, 6.07) is 12.3. The average Bonchev–Trinajstić information content (AvgIpc) is 2.87. The fourth-order valence-corrected chi connectivity index (χ4v) is 3.08. The largest absolute Gasteiger partial charge is 0.295 e. The molecule has 0 aliphatic carbocycles. The molecule has 3 heteroatoms. The summed E-state index contributed by atoms with van der Waals surface area (Å²) in [6.07, 6.45) is 0. The van der Waals surface area contributed by atoms with Crippen molar-refractivity contribution in [1.82, 2.24) is 0 Å². The minimum absolute atomic E-state index is 0.0559. The molecule has 0 fully saturated rings. The topological polar surface area (TPSA) is 17.1 Å². The molecule has 0 radical (unpaired) electrons. The highest BCUT2D eigenvalue weighted by atomic mass is 32.1. The summed E-state index contributed by atoms with van der Waals surface area (Å²) >= 11 is 1.58. The Hall–Kier alpha value is -2.00. The van der Waals surface area contributed by atoms with E-state index in [0.29, 0.717) is 11.1 Å². The second-order valence-electron chi connectivity index (χ2n) is 4.40. The summed E-state index contributed by atoms with van der Waals surface area (Å²) in [7, 11) is 0. The van der Waals surface area contributed by atoms with Crippen LogP contribution in [0.1, 0.15) is 17.3 Å². The lowest BCUT2D eigenvalue weighted by Crippen LogP contribution is -1.94. The van der Waals surface area contributed by atoms with Gasteiger partial charge in [-0.15, -0.1) is 11.3 Å². The van der Waals surface area contributed by atoms with Gasteiger partial charge in [-0.3, -0.25) is 4.79 Å². The number of hydrogen-bond acceptors (Lipinski definition) is 2. The van der Waals surface area contributed by atoms with Crippen molar-refractivity contribution in [1.29, 1.82) is 0 Å². The van der Waals surface area contributed by atoms with Crippen molar-refractivity contribution in [3.63, 3.8) is 0 Å². The molecular formula is C16H11FOS. The second-order valence-corrected chi connectivity index (χ2v) is 5.31. The van der Waals surface area contributed by atoms with Crippen LogP contribution in [0.5, 0.6) is 0 Å². The van der Waals surface area contributed by atoms with Crippen LogP contribution in [0.3, 0.4) is 0 Å². The van der Waals surface area contributed by atoms with Gasteiger partial charge in [-0.25, -0.2) is 4.39 Å². The summed E-state index contributed by atoms with van der Waals surface area (Å²) < 4.78 is 15.1. The molecule has 3 rings (SSSR count). The molecule has 0 N–H and O–H groups in total. The number of hydrogen-bond donors (Lipinski definition) is 0. The highest BCUT2D eigenvalue weighted by molar-refractivity contribution is 7.17. The van der Waals surface area contributed by atoms with Crippen LogP contribution in [0.2, 0.25) is 0 Å². The molecule has 0 amide bonds. The van der Waals surface area contributed by atoms with Crippen LogP contribution >= 0.6 is 11.3 Å². The molecule has 94 valence electrons. The van der Waals surface area contributed by atoms with Gasteiger partial charge in [0.2, 0.25) is 0 Å². The third kappa shape index (κ3) is 2.06. The normalized spacial score (nSPS) is 10.8. The van der Waals surface area contributed by atoms with Crippen molar-refractivity contribution >= 4 is 27.2 Å². The number of benzene rings is 2. The second kappa shape index (κ2) is 4.59. The van der Waals surface area contributed by atoms with E-state index in [1.54, 1.807) is 17.4 Å². The van der Waals surface area contributed by atoms with Crippen molar-refractivity contribution in [2.75, 3.05) is 0 Å². The first kappa shape index (κ1) is 12.1. The van der Waals surface area contributed by atoms with E-state index in [1.165, 1.54) is 19.1 Å². The predicted octanol–water partition coefficient (Wildman–Crippen LogP) is 4.91. The lowest BCUT2D eigenvalue weighted by atomic mass is 10.00. The third-order valence-electron chi connectivity index (χ3n) is 3.14. The maximum atomic E-state index is 14.0. The Bertz CT molecular complexity index is 773. The van der Waals surface area contributed by atoms with E-state index in [0.717, 1.165) is 15.6 Å². The Kier molecular flexibility index (Phi) is 2.91. The van der Waals surface area contributed by atoms with Gasteiger partial charge >= 0.3 is 0 Å². The summed E-state index contributed by atoms with van der Waals surface area (Å²) in [6.45, 7) is 1.49. The van der Waals surface area contributed by atoms with Gasteiger partial charge in [-0.1, -0.05) is 18.2 Å². The standard InChI is InChI=1S/C16H11FOS/c1-10(18)12-5-6-15(17)14(9-12)13-4-2-3-11-7-8-19-16(11)13/h2-9H,1H3. The molecule has 0 spiro atoms. The Morgan fingerprint density at radius 1 is 1.11 bits per heavy atom. The smallest absolute Gasteiger partial charge is 0.159 e. The summed E-state index contributed by atoms with van der Waals surface area (Å²) in [5.41, 5.74) is 1.86. The predicted molar refractivity (Wildman–Crippen MR) is 77.2 cm³/mol. The zero-order valence-corrected chi connectivity index (χ0v) is 11.1. The van der Waals surface area contributed by atoms with E-state index in [2.05, 4.69) is 0 Å². The summed E-state index contributed by atoms with van der Waals surface area (Å²) in [5, 5.41) is 3.08. The van der Waals surface area contributed by atoms with Gasteiger partial charge in [0.1, 0.15) is 5.82 Å². The first-order valence-electron chi connectivity index (χ1n) is 5.94. The SMILES string of the molecule is CC(=O)c1ccc(F)c(-c2cccc3ccsc23)c1. The van der Waals surface area contributed by atoms with Crippen LogP contribution in [0.4, 0.5) is 4.39 Å². The van der Waals surface area contributed by atoms with Crippen LogP contribution in [0, 0.1) is 5.82 Å². The molecule has 1 heterocycles.